The highest BCUT2D eigenvalue weighted by Crippen LogP contribution is 2.23. The fourth-order valence-electron chi connectivity index (χ4n) is 3.62. The lowest BCUT2D eigenvalue weighted by Crippen LogP contribution is -2.36. The van der Waals surface area contributed by atoms with Gasteiger partial charge in [-0.05, 0) is 68.4 Å². The lowest BCUT2D eigenvalue weighted by atomic mass is 10.2. The molecule has 4 nitrogen and oxygen atoms in total. The Morgan fingerprint density at radius 2 is 1.57 bits per heavy atom. The smallest absolute Gasteiger partial charge is 0.123 e. The van der Waals surface area contributed by atoms with E-state index in [1.807, 2.05) is 25.3 Å². The minimum absolute atomic E-state index is 0.228. The van der Waals surface area contributed by atoms with E-state index >= 15 is 0 Å². The second-order valence-corrected chi connectivity index (χ2v) is 7.01. The van der Waals surface area contributed by atoms with Crippen LogP contribution in [0.15, 0.2) is 59.6 Å². The van der Waals surface area contributed by atoms with Gasteiger partial charge in [-0.2, -0.15) is 0 Å². The number of aromatic nitrogens is 1. The van der Waals surface area contributed by atoms with Crippen molar-refractivity contribution < 1.29 is 9.13 Å². The summed E-state index contributed by atoms with van der Waals surface area (Å²) in [4.78, 5) is 6.97. The summed E-state index contributed by atoms with van der Waals surface area (Å²) in [5.74, 6) is -0.228. The Labute approximate surface area is 164 Å². The third kappa shape index (κ3) is 3.85. The number of halogens is 1. The fourth-order valence-corrected chi connectivity index (χ4v) is 3.62. The molecule has 0 spiro atoms. The van der Waals surface area contributed by atoms with Crippen LogP contribution in [0.2, 0.25) is 0 Å². The van der Waals surface area contributed by atoms with Gasteiger partial charge in [-0.3, -0.25) is 4.99 Å². The van der Waals surface area contributed by atoms with E-state index in [4.69, 9.17) is 4.74 Å². The molecule has 0 atom stereocenters. The molecule has 4 rings (SSSR count). The highest BCUT2D eigenvalue weighted by molar-refractivity contribution is 5.84. The summed E-state index contributed by atoms with van der Waals surface area (Å²) in [5, 5.41) is 0. The van der Waals surface area contributed by atoms with Gasteiger partial charge in [0.15, 0.2) is 0 Å². The zero-order valence-corrected chi connectivity index (χ0v) is 16.2. The molecule has 0 N–H and O–H groups in total. The van der Waals surface area contributed by atoms with Crippen molar-refractivity contribution in [2.24, 2.45) is 4.99 Å². The standard InChI is InChI=1S/C23H24FN3O/c1-17-15-19(18(2)27(17)23-7-3-20(24)4-8-23)16-25-21-5-9-22(10-6-21)26-11-13-28-14-12-26/h3-10,15-16H,11-14H2,1-2H3. The SMILES string of the molecule is Cc1cc(C=Nc2ccc(N3CCOCC3)cc2)c(C)n1-c1ccc(F)cc1. The molecule has 0 unspecified atom stereocenters. The van der Waals surface area contributed by atoms with E-state index in [1.54, 1.807) is 12.1 Å². The van der Waals surface area contributed by atoms with Crippen LogP contribution in [0.3, 0.4) is 0 Å². The molecule has 1 aliphatic rings. The van der Waals surface area contributed by atoms with Crippen molar-refractivity contribution >= 4 is 17.6 Å². The molecule has 0 amide bonds. The van der Waals surface area contributed by atoms with E-state index in [1.165, 1.54) is 17.8 Å². The number of rotatable bonds is 4. The minimum Gasteiger partial charge on any atom is -0.378 e. The summed E-state index contributed by atoms with van der Waals surface area (Å²) in [7, 11) is 0. The summed E-state index contributed by atoms with van der Waals surface area (Å²) in [6, 6.07) is 17.0. The zero-order valence-electron chi connectivity index (χ0n) is 16.2. The van der Waals surface area contributed by atoms with Crippen LogP contribution in [0, 0.1) is 19.7 Å². The zero-order chi connectivity index (χ0) is 19.5. The molecule has 144 valence electrons. The maximum Gasteiger partial charge on any atom is 0.123 e. The van der Waals surface area contributed by atoms with Crippen LogP contribution >= 0.6 is 0 Å². The maximum absolute atomic E-state index is 13.2. The molecule has 0 radical (unpaired) electrons. The van der Waals surface area contributed by atoms with Crippen LogP contribution in [-0.4, -0.2) is 37.1 Å². The largest absolute Gasteiger partial charge is 0.378 e. The van der Waals surface area contributed by atoms with Gasteiger partial charge in [0.2, 0.25) is 0 Å². The highest BCUT2D eigenvalue weighted by atomic mass is 19.1. The molecule has 0 aliphatic carbocycles. The van der Waals surface area contributed by atoms with Gasteiger partial charge in [0, 0.05) is 47.6 Å². The number of benzene rings is 2. The van der Waals surface area contributed by atoms with E-state index in [0.717, 1.165) is 54.6 Å². The average Bonchev–Trinajstić information content (AvgIpc) is 3.01. The van der Waals surface area contributed by atoms with E-state index in [0.29, 0.717) is 0 Å². The maximum atomic E-state index is 13.2. The first-order chi connectivity index (χ1) is 13.6. The van der Waals surface area contributed by atoms with Crippen LogP contribution in [0.25, 0.3) is 5.69 Å². The molecule has 1 fully saturated rings. The first-order valence-corrected chi connectivity index (χ1v) is 9.53. The number of hydrogen-bond acceptors (Lipinski definition) is 3. The average molecular weight is 377 g/mol. The monoisotopic (exact) mass is 377 g/mol. The molecule has 0 bridgehead atoms. The van der Waals surface area contributed by atoms with Gasteiger partial charge in [0.05, 0.1) is 18.9 Å². The molecular formula is C23H24FN3O. The van der Waals surface area contributed by atoms with E-state index in [2.05, 4.69) is 39.6 Å². The van der Waals surface area contributed by atoms with Crippen LogP contribution in [0.4, 0.5) is 15.8 Å². The molecule has 2 aromatic carbocycles. The lowest BCUT2D eigenvalue weighted by Gasteiger charge is -2.28. The van der Waals surface area contributed by atoms with Gasteiger partial charge < -0.3 is 14.2 Å². The number of ether oxygens (including phenoxy) is 1. The Morgan fingerprint density at radius 1 is 0.929 bits per heavy atom. The Hall–Kier alpha value is -2.92. The minimum atomic E-state index is -0.228. The van der Waals surface area contributed by atoms with Gasteiger partial charge in [-0.25, -0.2) is 4.39 Å². The van der Waals surface area contributed by atoms with Gasteiger partial charge in [-0.15, -0.1) is 0 Å². The molecule has 1 aliphatic heterocycles. The highest BCUT2D eigenvalue weighted by Gasteiger charge is 2.11. The summed E-state index contributed by atoms with van der Waals surface area (Å²) < 4.78 is 20.7. The quantitative estimate of drug-likeness (QED) is 0.610. The third-order valence-corrected chi connectivity index (χ3v) is 5.13. The van der Waals surface area contributed by atoms with Crippen molar-refractivity contribution in [2.45, 2.75) is 13.8 Å². The van der Waals surface area contributed by atoms with E-state index in [9.17, 15) is 4.39 Å². The topological polar surface area (TPSA) is 29.8 Å². The van der Waals surface area contributed by atoms with Gasteiger partial charge in [0.1, 0.15) is 5.82 Å². The normalized spacial score (nSPS) is 14.8. The van der Waals surface area contributed by atoms with Gasteiger partial charge in [0.25, 0.3) is 0 Å². The number of anilines is 1. The molecule has 3 aromatic rings. The predicted octanol–water partition coefficient (Wildman–Crippen LogP) is 4.82. The molecule has 1 aromatic heterocycles. The first kappa shape index (κ1) is 18.4. The van der Waals surface area contributed by atoms with E-state index < -0.39 is 0 Å². The molecular weight excluding hydrogens is 353 g/mol. The first-order valence-electron chi connectivity index (χ1n) is 9.53. The molecule has 0 saturated carbocycles. The van der Waals surface area contributed by atoms with Crippen molar-refractivity contribution in [3.63, 3.8) is 0 Å². The van der Waals surface area contributed by atoms with Crippen LogP contribution in [-0.2, 0) is 4.74 Å². The number of morpholine rings is 1. The van der Waals surface area contributed by atoms with Crippen LogP contribution in [0.1, 0.15) is 17.0 Å². The summed E-state index contributed by atoms with van der Waals surface area (Å²) >= 11 is 0. The molecule has 2 heterocycles. The van der Waals surface area contributed by atoms with Crippen molar-refractivity contribution in [1.29, 1.82) is 0 Å². The molecule has 5 heteroatoms. The summed E-state index contributed by atoms with van der Waals surface area (Å²) in [6.07, 6.45) is 1.89. The number of nitrogens with zero attached hydrogens (tertiary/aromatic N) is 3. The fraction of sp³-hybridized carbons (Fsp3) is 0.261. The molecule has 1 saturated heterocycles. The number of aryl methyl sites for hydroxylation is 1. The van der Waals surface area contributed by atoms with Crippen LogP contribution in [0.5, 0.6) is 0 Å². The lowest BCUT2D eigenvalue weighted by molar-refractivity contribution is 0.122. The Kier molecular flexibility index (Phi) is 5.26. The second kappa shape index (κ2) is 7.98. The second-order valence-electron chi connectivity index (χ2n) is 7.01. The van der Waals surface area contributed by atoms with Crippen molar-refractivity contribution in [3.05, 3.63) is 77.4 Å². The Morgan fingerprint density at radius 3 is 2.25 bits per heavy atom. The van der Waals surface area contributed by atoms with Crippen molar-refractivity contribution in [1.82, 2.24) is 4.57 Å². The Bertz CT molecular complexity index is 968. The van der Waals surface area contributed by atoms with Gasteiger partial charge >= 0.3 is 0 Å². The third-order valence-electron chi connectivity index (χ3n) is 5.13. The predicted molar refractivity (Wildman–Crippen MR) is 112 cm³/mol. The molecule has 28 heavy (non-hydrogen) atoms. The van der Waals surface area contributed by atoms with Crippen LogP contribution < -0.4 is 4.90 Å². The van der Waals surface area contributed by atoms with Crippen molar-refractivity contribution in [2.75, 3.05) is 31.2 Å². The summed E-state index contributed by atoms with van der Waals surface area (Å²) in [5.41, 5.74) is 6.30. The number of aliphatic imine (C=N–C) groups is 1. The number of hydrogen-bond donors (Lipinski definition) is 0. The van der Waals surface area contributed by atoms with Gasteiger partial charge in [-0.1, -0.05) is 0 Å². The summed E-state index contributed by atoms with van der Waals surface area (Å²) in [6.45, 7) is 7.52. The van der Waals surface area contributed by atoms with Crippen molar-refractivity contribution in [3.8, 4) is 5.69 Å². The Balaban J connectivity index is 1.53. The van der Waals surface area contributed by atoms with E-state index in [-0.39, 0.29) is 5.82 Å².